The lowest BCUT2D eigenvalue weighted by Gasteiger charge is -2.19. The van der Waals surface area contributed by atoms with Gasteiger partial charge in [-0.25, -0.2) is 22.3 Å². The zero-order chi connectivity index (χ0) is 23.2. The molecule has 1 amide bonds. The molecule has 0 heterocycles. The van der Waals surface area contributed by atoms with Crippen molar-refractivity contribution in [2.75, 3.05) is 14.2 Å². The first-order chi connectivity index (χ1) is 14.6. The van der Waals surface area contributed by atoms with E-state index in [1.54, 1.807) is 0 Å². The van der Waals surface area contributed by atoms with E-state index in [-0.39, 0.29) is 22.6 Å². The number of amides is 1. The summed E-state index contributed by atoms with van der Waals surface area (Å²) in [6.45, 7) is 1.44. The lowest BCUT2D eigenvalue weighted by Crippen LogP contribution is -2.39. The van der Waals surface area contributed by atoms with Crippen LogP contribution in [0.3, 0.4) is 0 Å². The number of hydroxylamine groups is 1. The summed E-state index contributed by atoms with van der Waals surface area (Å²) in [6.07, 6.45) is -0.431. The highest BCUT2D eigenvalue weighted by Crippen LogP contribution is 2.26. The third-order valence-electron chi connectivity index (χ3n) is 4.92. The number of methoxy groups -OCH3 is 2. The van der Waals surface area contributed by atoms with Gasteiger partial charge in [-0.15, -0.1) is 0 Å². The van der Waals surface area contributed by atoms with E-state index in [1.165, 1.54) is 75.2 Å². The number of hydrogen-bond acceptors (Lipinski definition) is 8. The fourth-order valence-corrected chi connectivity index (χ4v) is 6.02. The van der Waals surface area contributed by atoms with E-state index < -0.39 is 36.1 Å². The Morgan fingerprint density at radius 3 is 1.65 bits per heavy atom. The number of carbonyl (C=O) groups excluding carboxylic acids is 1. The van der Waals surface area contributed by atoms with Crippen molar-refractivity contribution in [3.8, 4) is 11.5 Å². The van der Waals surface area contributed by atoms with Crippen LogP contribution in [0.4, 0.5) is 0 Å². The van der Waals surface area contributed by atoms with Crippen LogP contribution in [0.25, 0.3) is 0 Å². The normalized spacial score (nSPS) is 13.8. The number of sulfone groups is 2. The molecule has 0 bridgehead atoms. The Balaban J connectivity index is 2.24. The molecule has 0 aliphatic heterocycles. The number of nitrogens with one attached hydrogen (secondary N) is 1. The molecule has 2 rings (SSSR count). The Morgan fingerprint density at radius 2 is 1.26 bits per heavy atom. The van der Waals surface area contributed by atoms with E-state index in [1.807, 2.05) is 0 Å². The molecule has 31 heavy (non-hydrogen) atoms. The minimum Gasteiger partial charge on any atom is -0.497 e. The van der Waals surface area contributed by atoms with Crippen LogP contribution in [0.1, 0.15) is 19.8 Å². The molecule has 2 atom stereocenters. The van der Waals surface area contributed by atoms with Gasteiger partial charge >= 0.3 is 0 Å². The highest BCUT2D eigenvalue weighted by molar-refractivity contribution is 7.93. The topological polar surface area (TPSA) is 136 Å². The fourth-order valence-electron chi connectivity index (χ4n) is 2.97. The summed E-state index contributed by atoms with van der Waals surface area (Å²) in [6, 6.07) is 11.2. The van der Waals surface area contributed by atoms with Crippen molar-refractivity contribution in [2.24, 2.45) is 0 Å². The predicted molar refractivity (Wildman–Crippen MR) is 113 cm³/mol. The first kappa shape index (κ1) is 24.6. The SMILES string of the molecule is COc1ccc(S(=O)(=O)C(C)CCC(C(=O)NO)S(=O)(=O)c2ccc(OC)cc2)cc1. The molecule has 0 radical (unpaired) electrons. The molecule has 2 unspecified atom stereocenters. The molecule has 2 aromatic carbocycles. The molecule has 0 aliphatic carbocycles. The van der Waals surface area contributed by atoms with Crippen LogP contribution in [0.15, 0.2) is 58.3 Å². The van der Waals surface area contributed by atoms with Crippen molar-refractivity contribution in [3.05, 3.63) is 48.5 Å². The van der Waals surface area contributed by atoms with Crippen LogP contribution in [-0.4, -0.2) is 52.7 Å². The van der Waals surface area contributed by atoms with Crippen LogP contribution in [-0.2, 0) is 24.5 Å². The molecule has 170 valence electrons. The number of carbonyl (C=O) groups is 1. The molecule has 0 aliphatic rings. The summed E-state index contributed by atoms with van der Waals surface area (Å²) in [5, 5.41) is 6.40. The number of hydrogen-bond donors (Lipinski definition) is 2. The highest BCUT2D eigenvalue weighted by Gasteiger charge is 2.35. The molecule has 0 spiro atoms. The lowest BCUT2D eigenvalue weighted by atomic mass is 10.2. The summed E-state index contributed by atoms with van der Waals surface area (Å²) >= 11 is 0. The average Bonchev–Trinajstić information content (AvgIpc) is 2.78. The maximum absolute atomic E-state index is 13.0. The molecule has 11 heteroatoms. The van der Waals surface area contributed by atoms with E-state index in [0.717, 1.165) is 0 Å². The van der Waals surface area contributed by atoms with Crippen LogP contribution >= 0.6 is 0 Å². The van der Waals surface area contributed by atoms with Crippen LogP contribution in [0.2, 0.25) is 0 Å². The minimum absolute atomic E-state index is 0.0574. The Labute approximate surface area is 181 Å². The van der Waals surface area contributed by atoms with E-state index >= 15 is 0 Å². The molecular formula is C20H25NO8S2. The first-order valence-corrected chi connectivity index (χ1v) is 12.4. The van der Waals surface area contributed by atoms with Crippen molar-refractivity contribution in [3.63, 3.8) is 0 Å². The van der Waals surface area contributed by atoms with Gasteiger partial charge in [0.25, 0.3) is 5.91 Å². The van der Waals surface area contributed by atoms with E-state index in [9.17, 15) is 21.6 Å². The second-order valence-electron chi connectivity index (χ2n) is 6.79. The van der Waals surface area contributed by atoms with E-state index in [4.69, 9.17) is 14.7 Å². The molecule has 0 saturated carbocycles. The second kappa shape index (κ2) is 10.1. The highest BCUT2D eigenvalue weighted by atomic mass is 32.2. The van der Waals surface area contributed by atoms with Gasteiger partial charge in [-0.2, -0.15) is 0 Å². The number of ether oxygens (including phenoxy) is 2. The Morgan fingerprint density at radius 1 is 0.839 bits per heavy atom. The zero-order valence-corrected chi connectivity index (χ0v) is 18.9. The van der Waals surface area contributed by atoms with Crippen LogP contribution in [0, 0.1) is 0 Å². The summed E-state index contributed by atoms with van der Waals surface area (Å²) < 4.78 is 61.6. The average molecular weight is 472 g/mol. The second-order valence-corrected chi connectivity index (χ2v) is 11.3. The molecule has 2 aromatic rings. The van der Waals surface area contributed by atoms with E-state index in [0.29, 0.717) is 11.5 Å². The third-order valence-corrected chi connectivity index (χ3v) is 9.27. The van der Waals surface area contributed by atoms with Gasteiger partial charge in [0.1, 0.15) is 16.7 Å². The van der Waals surface area contributed by atoms with Gasteiger partial charge in [-0.3, -0.25) is 10.0 Å². The van der Waals surface area contributed by atoms with Crippen molar-refractivity contribution in [1.29, 1.82) is 0 Å². The summed E-state index contributed by atoms with van der Waals surface area (Å²) in [7, 11) is -5.08. The zero-order valence-electron chi connectivity index (χ0n) is 17.3. The van der Waals surface area contributed by atoms with E-state index in [2.05, 4.69) is 0 Å². The summed E-state index contributed by atoms with van der Waals surface area (Å²) in [4.78, 5) is 12.0. The monoisotopic (exact) mass is 471 g/mol. The fraction of sp³-hybridized carbons (Fsp3) is 0.350. The largest absolute Gasteiger partial charge is 0.497 e. The van der Waals surface area contributed by atoms with Crippen molar-refractivity contribution in [1.82, 2.24) is 5.48 Å². The maximum Gasteiger partial charge on any atom is 0.262 e. The molecule has 0 aromatic heterocycles. The lowest BCUT2D eigenvalue weighted by molar-refractivity contribution is -0.128. The maximum atomic E-state index is 13.0. The van der Waals surface area contributed by atoms with Crippen LogP contribution in [0.5, 0.6) is 11.5 Å². The summed E-state index contributed by atoms with van der Waals surface area (Å²) in [5.41, 5.74) is 1.36. The van der Waals surface area contributed by atoms with Gasteiger partial charge in [-0.1, -0.05) is 0 Å². The number of benzene rings is 2. The van der Waals surface area contributed by atoms with Gasteiger partial charge in [0.15, 0.2) is 19.7 Å². The van der Waals surface area contributed by atoms with Gasteiger partial charge in [0, 0.05) is 0 Å². The summed E-state index contributed by atoms with van der Waals surface area (Å²) in [5.74, 6) is -0.206. The third kappa shape index (κ3) is 5.54. The van der Waals surface area contributed by atoms with Gasteiger partial charge in [0.2, 0.25) is 0 Å². The molecule has 9 nitrogen and oxygen atoms in total. The van der Waals surface area contributed by atoms with Gasteiger partial charge in [-0.05, 0) is 68.3 Å². The molecule has 0 saturated heterocycles. The van der Waals surface area contributed by atoms with Crippen LogP contribution < -0.4 is 15.0 Å². The Bertz CT molecular complexity index is 1090. The standard InChI is InChI=1S/C20H25NO8S2/c1-14(30(24,25)17-9-5-15(28-2)6-10-17)4-13-19(20(22)21-23)31(26,27)18-11-7-16(29-3)8-12-18/h5-12,14,19,23H,4,13H2,1-3H3,(H,21,22). The predicted octanol–water partition coefficient (Wildman–Crippen LogP) is 1.99. The van der Waals surface area contributed by atoms with Gasteiger partial charge in [0.05, 0.1) is 29.3 Å². The number of rotatable bonds is 10. The minimum atomic E-state index is -4.19. The molecular weight excluding hydrogens is 446 g/mol. The Kier molecular flexibility index (Phi) is 8.04. The smallest absolute Gasteiger partial charge is 0.262 e. The quantitative estimate of drug-likeness (QED) is 0.397. The van der Waals surface area contributed by atoms with Crippen molar-refractivity contribution in [2.45, 2.75) is 40.1 Å². The first-order valence-electron chi connectivity index (χ1n) is 9.27. The van der Waals surface area contributed by atoms with Gasteiger partial charge < -0.3 is 9.47 Å². The van der Waals surface area contributed by atoms with Crippen molar-refractivity contribution >= 4 is 25.6 Å². The van der Waals surface area contributed by atoms with Crippen molar-refractivity contribution < 1.29 is 36.3 Å². The molecule has 0 fully saturated rings. The molecule has 2 N–H and O–H groups in total. The Hall–Kier alpha value is -2.63.